The highest BCUT2D eigenvalue weighted by molar-refractivity contribution is 5.41. The molecular formula is C15H19NO2. The Hall–Kier alpha value is -0.900. The van der Waals surface area contributed by atoms with Crippen LogP contribution in [-0.4, -0.2) is 30.4 Å². The van der Waals surface area contributed by atoms with Crippen molar-refractivity contribution in [1.82, 2.24) is 5.32 Å². The average Bonchev–Trinajstić information content (AvgIpc) is 2.30. The van der Waals surface area contributed by atoms with Crippen molar-refractivity contribution in [3.63, 3.8) is 0 Å². The van der Waals surface area contributed by atoms with E-state index >= 15 is 0 Å². The number of morpholine rings is 1. The number of nitrogens with one attached hydrogen (secondary N) is 1. The lowest BCUT2D eigenvalue weighted by molar-refractivity contribution is -0.0802. The Morgan fingerprint density at radius 1 is 1.11 bits per heavy atom. The molecule has 0 saturated carbocycles. The molecule has 3 heteroatoms. The van der Waals surface area contributed by atoms with E-state index in [1.165, 1.54) is 24.0 Å². The van der Waals surface area contributed by atoms with E-state index in [0.717, 1.165) is 31.6 Å². The molecule has 2 aliphatic heterocycles. The molecule has 0 amide bonds. The van der Waals surface area contributed by atoms with Crippen LogP contribution < -0.4 is 5.32 Å². The smallest absolute Gasteiger partial charge is 0.0928 e. The number of benzene rings is 1. The van der Waals surface area contributed by atoms with E-state index in [2.05, 4.69) is 23.5 Å². The monoisotopic (exact) mass is 245 g/mol. The molecule has 3 nitrogen and oxygen atoms in total. The molecule has 4 rings (SSSR count). The maximum Gasteiger partial charge on any atom is 0.0928 e. The first kappa shape index (κ1) is 11.0. The number of hydrogen-bond donors (Lipinski definition) is 2. The van der Waals surface area contributed by atoms with Gasteiger partial charge in [-0.2, -0.15) is 0 Å². The summed E-state index contributed by atoms with van der Waals surface area (Å²) in [4.78, 5) is 0. The van der Waals surface area contributed by atoms with Crippen molar-refractivity contribution >= 4 is 0 Å². The number of ether oxygens (including phenoxy) is 1. The molecule has 0 radical (unpaired) electrons. The number of fused-ring (bicyclic) bond motifs is 3. The molecule has 0 spiro atoms. The zero-order valence-corrected chi connectivity index (χ0v) is 10.5. The van der Waals surface area contributed by atoms with Crippen molar-refractivity contribution in [2.24, 2.45) is 0 Å². The van der Waals surface area contributed by atoms with E-state index < -0.39 is 5.60 Å². The third kappa shape index (κ3) is 1.62. The summed E-state index contributed by atoms with van der Waals surface area (Å²) in [5, 5.41) is 14.5. The minimum atomic E-state index is -0.658. The summed E-state index contributed by atoms with van der Waals surface area (Å²) in [6.07, 6.45) is 3.91. The van der Waals surface area contributed by atoms with Crippen molar-refractivity contribution in [2.75, 3.05) is 13.2 Å². The molecular weight excluding hydrogens is 226 g/mol. The van der Waals surface area contributed by atoms with Gasteiger partial charge in [-0.15, -0.1) is 0 Å². The molecule has 0 aromatic heterocycles. The lowest BCUT2D eigenvalue weighted by Gasteiger charge is -2.45. The Morgan fingerprint density at radius 2 is 1.83 bits per heavy atom. The maximum absolute atomic E-state index is 11.0. The Kier molecular flexibility index (Phi) is 2.31. The molecule has 2 N–H and O–H groups in total. The average molecular weight is 245 g/mol. The summed E-state index contributed by atoms with van der Waals surface area (Å²) < 4.78 is 5.55. The zero-order valence-electron chi connectivity index (χ0n) is 10.5. The summed E-state index contributed by atoms with van der Waals surface area (Å²) >= 11 is 0. The van der Waals surface area contributed by atoms with Crippen LogP contribution in [0.15, 0.2) is 18.2 Å². The fraction of sp³-hybridized carbons (Fsp3) is 0.600. The minimum Gasteiger partial charge on any atom is -0.385 e. The number of rotatable bonds is 1. The molecule has 2 bridgehead atoms. The Balaban J connectivity index is 1.67. The first-order valence-electron chi connectivity index (χ1n) is 6.91. The fourth-order valence-corrected chi connectivity index (χ4v) is 3.64. The SMILES string of the molecule is OC1(c2ccc3c(c2)CC3)CC2COCC(C1)N2. The largest absolute Gasteiger partial charge is 0.385 e. The normalized spacial score (nSPS) is 37.8. The summed E-state index contributed by atoms with van der Waals surface area (Å²) in [6.45, 7) is 1.45. The molecule has 96 valence electrons. The van der Waals surface area contributed by atoms with Gasteiger partial charge in [-0.05, 0) is 42.4 Å². The first-order chi connectivity index (χ1) is 8.73. The quantitative estimate of drug-likeness (QED) is 0.779. The second kappa shape index (κ2) is 3.80. The number of aryl methyl sites for hydroxylation is 2. The molecule has 1 aromatic carbocycles. The lowest BCUT2D eigenvalue weighted by atomic mass is 9.75. The van der Waals surface area contributed by atoms with Gasteiger partial charge in [-0.3, -0.25) is 0 Å². The van der Waals surface area contributed by atoms with Crippen molar-refractivity contribution in [2.45, 2.75) is 43.4 Å². The molecule has 2 fully saturated rings. The third-order valence-corrected chi connectivity index (χ3v) is 4.68. The van der Waals surface area contributed by atoms with Gasteiger partial charge in [0.2, 0.25) is 0 Å². The van der Waals surface area contributed by atoms with Crippen LogP contribution in [0.4, 0.5) is 0 Å². The zero-order chi connectivity index (χ0) is 12.2. The van der Waals surface area contributed by atoms with Gasteiger partial charge >= 0.3 is 0 Å². The van der Waals surface area contributed by atoms with Gasteiger partial charge in [0.05, 0.1) is 18.8 Å². The topological polar surface area (TPSA) is 41.5 Å². The van der Waals surface area contributed by atoms with Gasteiger partial charge in [0.25, 0.3) is 0 Å². The van der Waals surface area contributed by atoms with Gasteiger partial charge in [0.15, 0.2) is 0 Å². The van der Waals surface area contributed by atoms with Crippen LogP contribution in [0.1, 0.15) is 29.5 Å². The summed E-state index contributed by atoms with van der Waals surface area (Å²) in [7, 11) is 0. The van der Waals surface area contributed by atoms with Gasteiger partial charge in [0.1, 0.15) is 0 Å². The van der Waals surface area contributed by atoms with E-state index in [1.807, 2.05) is 0 Å². The highest BCUT2D eigenvalue weighted by Gasteiger charge is 2.42. The molecule has 3 aliphatic rings. The molecule has 1 aromatic rings. The van der Waals surface area contributed by atoms with Crippen LogP contribution >= 0.6 is 0 Å². The molecule has 18 heavy (non-hydrogen) atoms. The second-order valence-corrected chi connectivity index (χ2v) is 6.02. The van der Waals surface area contributed by atoms with E-state index in [0.29, 0.717) is 12.1 Å². The van der Waals surface area contributed by atoms with Crippen LogP contribution in [-0.2, 0) is 23.2 Å². The maximum atomic E-state index is 11.0. The van der Waals surface area contributed by atoms with Crippen molar-refractivity contribution in [3.05, 3.63) is 34.9 Å². The van der Waals surface area contributed by atoms with Gasteiger partial charge < -0.3 is 15.2 Å². The molecule has 2 atom stereocenters. The van der Waals surface area contributed by atoms with E-state index in [-0.39, 0.29) is 0 Å². The van der Waals surface area contributed by atoms with Crippen molar-refractivity contribution in [1.29, 1.82) is 0 Å². The summed E-state index contributed by atoms with van der Waals surface area (Å²) in [6, 6.07) is 7.14. The van der Waals surface area contributed by atoms with Gasteiger partial charge in [-0.25, -0.2) is 0 Å². The predicted octanol–water partition coefficient (Wildman–Crippen LogP) is 1.12. The highest BCUT2D eigenvalue weighted by Crippen LogP contribution is 2.38. The third-order valence-electron chi connectivity index (χ3n) is 4.68. The Labute approximate surface area is 107 Å². The molecule has 1 aliphatic carbocycles. The van der Waals surface area contributed by atoms with E-state index in [9.17, 15) is 5.11 Å². The fourth-order valence-electron chi connectivity index (χ4n) is 3.64. The van der Waals surface area contributed by atoms with Crippen LogP contribution in [0, 0.1) is 0 Å². The Bertz CT molecular complexity index is 473. The van der Waals surface area contributed by atoms with Crippen molar-refractivity contribution < 1.29 is 9.84 Å². The number of piperidine rings is 1. The Morgan fingerprint density at radius 3 is 2.44 bits per heavy atom. The van der Waals surface area contributed by atoms with Gasteiger partial charge in [-0.1, -0.05) is 18.2 Å². The number of hydrogen-bond acceptors (Lipinski definition) is 3. The standard InChI is InChI=1S/C15H19NO2/c17-15(6-13-8-18-9-14(7-15)16-13)12-4-3-10-1-2-11(10)5-12/h3-5,13-14,16-17H,1-2,6-9H2. The number of aliphatic hydroxyl groups is 1. The van der Waals surface area contributed by atoms with Crippen LogP contribution in [0.5, 0.6) is 0 Å². The van der Waals surface area contributed by atoms with E-state index in [4.69, 9.17) is 4.74 Å². The van der Waals surface area contributed by atoms with Crippen LogP contribution in [0.25, 0.3) is 0 Å². The minimum absolute atomic E-state index is 0.300. The summed E-state index contributed by atoms with van der Waals surface area (Å²) in [5.74, 6) is 0. The molecule has 2 unspecified atom stereocenters. The molecule has 2 heterocycles. The predicted molar refractivity (Wildman–Crippen MR) is 68.5 cm³/mol. The van der Waals surface area contributed by atoms with Gasteiger partial charge in [0, 0.05) is 12.1 Å². The highest BCUT2D eigenvalue weighted by atomic mass is 16.5. The first-order valence-corrected chi connectivity index (χ1v) is 6.91. The lowest BCUT2D eigenvalue weighted by Crippen LogP contribution is -2.58. The van der Waals surface area contributed by atoms with Crippen molar-refractivity contribution in [3.8, 4) is 0 Å². The van der Waals surface area contributed by atoms with Crippen LogP contribution in [0.3, 0.4) is 0 Å². The van der Waals surface area contributed by atoms with E-state index in [1.54, 1.807) is 0 Å². The molecule has 2 saturated heterocycles. The second-order valence-electron chi connectivity index (χ2n) is 6.02. The van der Waals surface area contributed by atoms with Crippen LogP contribution in [0.2, 0.25) is 0 Å². The summed E-state index contributed by atoms with van der Waals surface area (Å²) in [5.41, 5.74) is 3.34.